The third kappa shape index (κ3) is 2.81. The smallest absolute Gasteiger partial charge is 0.265 e. The lowest BCUT2D eigenvalue weighted by atomic mass is 10.1. The van der Waals surface area contributed by atoms with E-state index in [9.17, 15) is 14.7 Å². The van der Waals surface area contributed by atoms with Crippen molar-refractivity contribution in [3.63, 3.8) is 0 Å². The van der Waals surface area contributed by atoms with E-state index in [1.807, 2.05) is 0 Å². The summed E-state index contributed by atoms with van der Waals surface area (Å²) < 4.78 is 0.370. The van der Waals surface area contributed by atoms with Gasteiger partial charge in [0.25, 0.3) is 11.8 Å². The van der Waals surface area contributed by atoms with Gasteiger partial charge in [0.05, 0.1) is 4.47 Å². The van der Waals surface area contributed by atoms with Crippen molar-refractivity contribution in [3.05, 3.63) is 32.8 Å². The van der Waals surface area contributed by atoms with Crippen LogP contribution in [0.3, 0.4) is 0 Å². The van der Waals surface area contributed by atoms with Crippen molar-refractivity contribution < 1.29 is 14.7 Å². The Bertz CT molecular complexity index is 679. The number of carbonyl (C=O) groups excluding carboxylic acids is 2. The number of halogens is 2. The lowest BCUT2D eigenvalue weighted by Gasteiger charge is -2.31. The molecule has 2 amide bonds. The maximum absolute atomic E-state index is 12.2. The Kier molecular flexibility index (Phi) is 4.36. The summed E-state index contributed by atoms with van der Waals surface area (Å²) in [6, 6.07) is 2.97. The zero-order valence-electron chi connectivity index (χ0n) is 11.1. The van der Waals surface area contributed by atoms with Gasteiger partial charge in [0.2, 0.25) is 0 Å². The molecule has 2 rings (SSSR count). The summed E-state index contributed by atoms with van der Waals surface area (Å²) in [5, 5.41) is 10.5. The van der Waals surface area contributed by atoms with E-state index >= 15 is 0 Å². The number of likely N-dealkylation sites (N-methyl/N-ethyl adjacent to an activating group) is 2. The monoisotopic (exact) mass is 388 g/mol. The Morgan fingerprint density at radius 3 is 2.29 bits per heavy atom. The van der Waals surface area contributed by atoms with E-state index in [0.29, 0.717) is 9.50 Å². The highest BCUT2D eigenvalue weighted by atomic mass is 79.9. The third-order valence-electron chi connectivity index (χ3n) is 3.00. The maximum atomic E-state index is 12.2. The summed E-state index contributed by atoms with van der Waals surface area (Å²) in [7, 11) is 2.96. The van der Waals surface area contributed by atoms with Gasteiger partial charge in [0, 0.05) is 24.7 Å². The highest BCUT2D eigenvalue weighted by molar-refractivity contribution is 9.10. The number of hydrogen-bond donors (Lipinski definition) is 1. The van der Waals surface area contributed by atoms with Crippen LogP contribution in [-0.2, 0) is 9.59 Å². The minimum Gasteiger partial charge on any atom is -0.506 e. The molecule has 0 bridgehead atoms. The molecule has 21 heavy (non-hydrogen) atoms. The fourth-order valence-electron chi connectivity index (χ4n) is 1.83. The Morgan fingerprint density at radius 2 is 1.76 bits per heavy atom. The molecule has 0 aromatic heterocycles. The first-order valence-electron chi connectivity index (χ1n) is 5.73. The van der Waals surface area contributed by atoms with Gasteiger partial charge < -0.3 is 5.11 Å². The summed E-state index contributed by atoms with van der Waals surface area (Å²) in [4.78, 5) is 26.7. The van der Waals surface area contributed by atoms with Crippen molar-refractivity contribution in [3.8, 4) is 5.75 Å². The molecule has 1 aliphatic heterocycles. The summed E-state index contributed by atoms with van der Waals surface area (Å²) in [5.41, 5.74) is 0.166. The van der Waals surface area contributed by atoms with Crippen LogP contribution in [0.5, 0.6) is 5.75 Å². The van der Waals surface area contributed by atoms with Crippen LogP contribution in [0, 0.1) is 0 Å². The maximum Gasteiger partial charge on any atom is 0.265 e. The van der Waals surface area contributed by atoms with Gasteiger partial charge in [0.1, 0.15) is 11.3 Å². The van der Waals surface area contributed by atoms with Crippen LogP contribution in [-0.4, -0.2) is 45.9 Å². The average molecular weight is 390 g/mol. The molecule has 0 saturated carbocycles. The summed E-state index contributed by atoms with van der Waals surface area (Å²) in [5.74, 6) is -1.16. The van der Waals surface area contributed by atoms with Crippen LogP contribution in [0.1, 0.15) is 5.56 Å². The SMILES string of the molecule is CN1C(=O)C(=Cc2cc(Cl)cc(Br)c2O)C(=O)N(C)C1=S. The van der Waals surface area contributed by atoms with Gasteiger partial charge in [0.15, 0.2) is 5.11 Å². The number of aromatic hydroxyl groups is 1. The van der Waals surface area contributed by atoms with Crippen molar-refractivity contribution in [1.29, 1.82) is 0 Å². The van der Waals surface area contributed by atoms with Crippen LogP contribution in [0.25, 0.3) is 6.08 Å². The van der Waals surface area contributed by atoms with E-state index < -0.39 is 11.8 Å². The molecule has 1 saturated heterocycles. The molecule has 0 aliphatic carbocycles. The highest BCUT2D eigenvalue weighted by Crippen LogP contribution is 2.33. The quantitative estimate of drug-likeness (QED) is 0.455. The number of rotatable bonds is 1. The molecule has 0 radical (unpaired) electrons. The predicted octanol–water partition coefficient (Wildman–Crippen LogP) is 2.41. The predicted molar refractivity (Wildman–Crippen MR) is 86.9 cm³/mol. The van der Waals surface area contributed by atoms with E-state index in [-0.39, 0.29) is 22.0 Å². The molecular formula is C13H10BrClN2O3S. The van der Waals surface area contributed by atoms with E-state index in [1.165, 1.54) is 42.1 Å². The number of carbonyl (C=O) groups is 2. The van der Waals surface area contributed by atoms with Gasteiger partial charge in [-0.25, -0.2) is 0 Å². The van der Waals surface area contributed by atoms with Crippen molar-refractivity contribution in [2.75, 3.05) is 14.1 Å². The minimum atomic E-state index is -0.529. The zero-order chi connectivity index (χ0) is 15.9. The molecule has 0 atom stereocenters. The Morgan fingerprint density at radius 1 is 1.24 bits per heavy atom. The lowest BCUT2D eigenvalue weighted by molar-refractivity contribution is -0.132. The standard InChI is InChI=1S/C13H10BrClN2O3S/c1-16-11(19)8(12(20)17(2)13(16)21)4-6-3-7(15)5-9(14)10(6)18/h3-5,18H,1-2H3. The fraction of sp³-hybridized carbons (Fsp3) is 0.154. The van der Waals surface area contributed by atoms with Crippen LogP contribution >= 0.6 is 39.7 Å². The number of phenolic OH excluding ortho intramolecular Hbond substituents is 1. The summed E-state index contributed by atoms with van der Waals surface area (Å²) in [6.45, 7) is 0. The van der Waals surface area contributed by atoms with E-state index in [1.54, 1.807) is 0 Å². The first kappa shape index (κ1) is 15.9. The van der Waals surface area contributed by atoms with Crippen LogP contribution < -0.4 is 0 Å². The van der Waals surface area contributed by atoms with E-state index in [0.717, 1.165) is 0 Å². The number of thiocarbonyl (C=S) groups is 1. The lowest BCUT2D eigenvalue weighted by Crippen LogP contribution is -2.52. The summed E-state index contributed by atoms with van der Waals surface area (Å²) >= 11 is 14.1. The molecule has 1 heterocycles. The van der Waals surface area contributed by atoms with Gasteiger partial charge in [-0.05, 0) is 46.4 Å². The van der Waals surface area contributed by atoms with Gasteiger partial charge in [-0.15, -0.1) is 0 Å². The molecular weight excluding hydrogens is 380 g/mol. The van der Waals surface area contributed by atoms with Crippen molar-refractivity contribution in [2.24, 2.45) is 0 Å². The molecule has 0 unspecified atom stereocenters. The molecule has 1 fully saturated rings. The second-order valence-corrected chi connectivity index (χ2v) is 6.05. The molecule has 8 heteroatoms. The van der Waals surface area contributed by atoms with Gasteiger partial charge in [-0.3, -0.25) is 19.4 Å². The van der Waals surface area contributed by atoms with Crippen LogP contribution in [0.4, 0.5) is 0 Å². The molecule has 0 spiro atoms. The normalized spacial score (nSPS) is 15.8. The van der Waals surface area contributed by atoms with Gasteiger partial charge in [-0.2, -0.15) is 0 Å². The van der Waals surface area contributed by atoms with Gasteiger partial charge >= 0.3 is 0 Å². The largest absolute Gasteiger partial charge is 0.506 e. The Labute approximate surface area is 139 Å². The topological polar surface area (TPSA) is 60.9 Å². The Balaban J connectivity index is 2.57. The molecule has 1 aromatic carbocycles. The minimum absolute atomic E-state index is 0.0990. The molecule has 1 N–H and O–H groups in total. The number of benzene rings is 1. The number of amides is 2. The van der Waals surface area contributed by atoms with E-state index in [4.69, 9.17) is 23.8 Å². The molecule has 1 aromatic rings. The number of phenols is 1. The molecule has 110 valence electrons. The first-order valence-corrected chi connectivity index (χ1v) is 7.31. The second-order valence-electron chi connectivity index (χ2n) is 4.39. The number of hydrogen-bond acceptors (Lipinski definition) is 4. The Hall–Kier alpha value is -1.44. The third-order valence-corrected chi connectivity index (χ3v) is 4.37. The zero-order valence-corrected chi connectivity index (χ0v) is 14.2. The number of nitrogens with zero attached hydrogens (tertiary/aromatic N) is 2. The fourth-order valence-corrected chi connectivity index (χ4v) is 2.83. The van der Waals surface area contributed by atoms with Crippen molar-refractivity contribution in [1.82, 2.24) is 9.80 Å². The molecule has 5 nitrogen and oxygen atoms in total. The van der Waals surface area contributed by atoms with Crippen LogP contribution in [0.2, 0.25) is 5.02 Å². The van der Waals surface area contributed by atoms with E-state index in [2.05, 4.69) is 15.9 Å². The van der Waals surface area contributed by atoms with Crippen molar-refractivity contribution >= 4 is 62.8 Å². The summed E-state index contributed by atoms with van der Waals surface area (Å²) in [6.07, 6.45) is 1.30. The first-order chi connectivity index (χ1) is 9.73. The highest BCUT2D eigenvalue weighted by Gasteiger charge is 2.35. The average Bonchev–Trinajstić information content (AvgIpc) is 2.44. The van der Waals surface area contributed by atoms with Crippen LogP contribution in [0.15, 0.2) is 22.2 Å². The molecule has 1 aliphatic rings. The van der Waals surface area contributed by atoms with Gasteiger partial charge in [-0.1, -0.05) is 11.6 Å². The second kappa shape index (κ2) is 5.75. The van der Waals surface area contributed by atoms with Crippen molar-refractivity contribution in [2.45, 2.75) is 0 Å².